The molecule has 0 saturated heterocycles. The third-order valence-corrected chi connectivity index (χ3v) is 2.89. The highest BCUT2D eigenvalue weighted by Crippen LogP contribution is 2.29. The monoisotopic (exact) mass is 311 g/mol. The van der Waals surface area contributed by atoms with Crippen molar-refractivity contribution in [2.24, 2.45) is 11.7 Å². The van der Waals surface area contributed by atoms with Gasteiger partial charge in [-0.25, -0.2) is 0 Å². The van der Waals surface area contributed by atoms with Gasteiger partial charge >= 0.3 is 6.18 Å². The molecule has 2 N–H and O–H groups in total. The molecule has 0 aliphatic heterocycles. The third kappa shape index (κ3) is 4.20. The zero-order valence-electron chi connectivity index (χ0n) is 9.22. The number of rotatable bonds is 4. The summed E-state index contributed by atoms with van der Waals surface area (Å²) in [5.41, 5.74) is 6.07. The van der Waals surface area contributed by atoms with Gasteiger partial charge in [-0.3, -0.25) is 0 Å². The Hall–Kier alpha value is -0.750. The number of nitrogens with two attached hydrogens (primary N) is 1. The zero-order valence-corrected chi connectivity index (χ0v) is 10.8. The topological polar surface area (TPSA) is 35.2 Å². The molecule has 0 saturated carbocycles. The van der Waals surface area contributed by atoms with E-state index in [1.54, 1.807) is 18.2 Å². The standard InChI is InChI=1S/C11H13BrF3NO/c1-7-2-3-10(9(12)4-7)17-6-8(5-16)11(13,14)15/h2-4,8H,5-6,16H2,1H3. The van der Waals surface area contributed by atoms with E-state index in [0.717, 1.165) is 5.56 Å². The number of halogens is 4. The van der Waals surface area contributed by atoms with E-state index >= 15 is 0 Å². The van der Waals surface area contributed by atoms with Crippen LogP contribution in [0.2, 0.25) is 0 Å². The maximum atomic E-state index is 12.4. The van der Waals surface area contributed by atoms with Gasteiger partial charge in [-0.2, -0.15) is 13.2 Å². The van der Waals surface area contributed by atoms with E-state index in [2.05, 4.69) is 15.9 Å². The lowest BCUT2D eigenvalue weighted by Gasteiger charge is -2.19. The molecule has 0 bridgehead atoms. The molecule has 1 aromatic rings. The van der Waals surface area contributed by atoms with Crippen LogP contribution in [0.3, 0.4) is 0 Å². The summed E-state index contributed by atoms with van der Waals surface area (Å²) in [7, 11) is 0. The minimum atomic E-state index is -4.33. The Kier molecular flexibility index (Phi) is 4.82. The van der Waals surface area contributed by atoms with Crippen molar-refractivity contribution in [3.63, 3.8) is 0 Å². The van der Waals surface area contributed by atoms with Gasteiger partial charge in [0.25, 0.3) is 0 Å². The normalized spacial score (nSPS) is 13.5. The van der Waals surface area contributed by atoms with E-state index in [1.165, 1.54) is 0 Å². The summed E-state index contributed by atoms with van der Waals surface area (Å²) >= 11 is 3.23. The predicted molar refractivity (Wildman–Crippen MR) is 63.0 cm³/mol. The molecule has 2 nitrogen and oxygen atoms in total. The van der Waals surface area contributed by atoms with Gasteiger partial charge in [0.1, 0.15) is 18.3 Å². The second-order valence-electron chi connectivity index (χ2n) is 3.72. The van der Waals surface area contributed by atoms with Gasteiger partial charge in [-0.1, -0.05) is 6.07 Å². The molecule has 96 valence electrons. The van der Waals surface area contributed by atoms with Crippen LogP contribution in [0.1, 0.15) is 5.56 Å². The average molecular weight is 312 g/mol. The van der Waals surface area contributed by atoms with Crippen LogP contribution >= 0.6 is 15.9 Å². The molecule has 17 heavy (non-hydrogen) atoms. The van der Waals surface area contributed by atoms with Crippen molar-refractivity contribution in [3.8, 4) is 5.75 Å². The first kappa shape index (κ1) is 14.3. The molecule has 0 amide bonds. The van der Waals surface area contributed by atoms with Gasteiger partial charge in [0.2, 0.25) is 0 Å². The molecular formula is C11H13BrF3NO. The van der Waals surface area contributed by atoms with E-state index in [9.17, 15) is 13.2 Å². The Morgan fingerprint density at radius 1 is 1.41 bits per heavy atom. The van der Waals surface area contributed by atoms with Crippen molar-refractivity contribution in [1.29, 1.82) is 0 Å². The number of aryl methyl sites for hydroxylation is 1. The first-order chi connectivity index (χ1) is 7.84. The van der Waals surface area contributed by atoms with Crippen molar-refractivity contribution in [2.45, 2.75) is 13.1 Å². The van der Waals surface area contributed by atoms with Crippen LogP contribution in [0.4, 0.5) is 13.2 Å². The Balaban J connectivity index is 2.66. The Morgan fingerprint density at radius 3 is 2.53 bits per heavy atom. The fourth-order valence-electron chi connectivity index (χ4n) is 1.21. The summed E-state index contributed by atoms with van der Waals surface area (Å²) in [4.78, 5) is 0. The molecule has 1 rings (SSSR count). The van der Waals surface area contributed by atoms with Crippen LogP contribution < -0.4 is 10.5 Å². The average Bonchev–Trinajstić information content (AvgIpc) is 2.19. The van der Waals surface area contributed by atoms with Crippen LogP contribution in [-0.2, 0) is 0 Å². The molecule has 0 spiro atoms. The van der Waals surface area contributed by atoms with Crippen LogP contribution in [0.5, 0.6) is 5.75 Å². The number of ether oxygens (including phenoxy) is 1. The molecule has 1 atom stereocenters. The molecule has 0 heterocycles. The van der Waals surface area contributed by atoms with Crippen LogP contribution in [0.15, 0.2) is 22.7 Å². The zero-order chi connectivity index (χ0) is 13.1. The smallest absolute Gasteiger partial charge is 0.396 e. The van der Waals surface area contributed by atoms with E-state index in [-0.39, 0.29) is 0 Å². The Labute approximate surface area is 106 Å². The van der Waals surface area contributed by atoms with Crippen molar-refractivity contribution in [2.75, 3.05) is 13.2 Å². The largest absolute Gasteiger partial charge is 0.492 e. The fraction of sp³-hybridized carbons (Fsp3) is 0.455. The predicted octanol–water partition coefficient (Wildman–Crippen LogP) is 3.27. The molecule has 0 aliphatic rings. The first-order valence-electron chi connectivity index (χ1n) is 5.00. The van der Waals surface area contributed by atoms with E-state index in [0.29, 0.717) is 10.2 Å². The van der Waals surface area contributed by atoms with E-state index in [1.807, 2.05) is 6.92 Å². The van der Waals surface area contributed by atoms with Gasteiger partial charge in [0.15, 0.2) is 0 Å². The molecule has 6 heteroatoms. The van der Waals surface area contributed by atoms with Gasteiger partial charge in [-0.05, 0) is 40.5 Å². The highest BCUT2D eigenvalue weighted by Gasteiger charge is 2.39. The fourth-order valence-corrected chi connectivity index (χ4v) is 1.82. The molecular weight excluding hydrogens is 299 g/mol. The van der Waals surface area contributed by atoms with Crippen LogP contribution in [-0.4, -0.2) is 19.3 Å². The Morgan fingerprint density at radius 2 is 2.06 bits per heavy atom. The van der Waals surface area contributed by atoms with Crippen molar-refractivity contribution in [1.82, 2.24) is 0 Å². The number of hydrogen-bond donors (Lipinski definition) is 1. The molecule has 1 aromatic carbocycles. The highest BCUT2D eigenvalue weighted by molar-refractivity contribution is 9.10. The van der Waals surface area contributed by atoms with Crippen molar-refractivity contribution in [3.05, 3.63) is 28.2 Å². The summed E-state index contributed by atoms with van der Waals surface area (Å²) in [6.45, 7) is 0.932. The highest BCUT2D eigenvalue weighted by atomic mass is 79.9. The quantitative estimate of drug-likeness (QED) is 0.926. The van der Waals surface area contributed by atoms with Crippen LogP contribution in [0.25, 0.3) is 0 Å². The maximum absolute atomic E-state index is 12.4. The molecule has 1 unspecified atom stereocenters. The lowest BCUT2D eigenvalue weighted by atomic mass is 10.1. The van der Waals surface area contributed by atoms with Gasteiger partial charge in [0.05, 0.1) is 4.47 Å². The minimum absolute atomic E-state index is 0.387. The lowest BCUT2D eigenvalue weighted by molar-refractivity contribution is -0.178. The van der Waals surface area contributed by atoms with Gasteiger partial charge in [0, 0.05) is 6.54 Å². The molecule has 0 aromatic heterocycles. The number of benzene rings is 1. The Bertz CT molecular complexity index is 381. The van der Waals surface area contributed by atoms with E-state index < -0.39 is 25.2 Å². The van der Waals surface area contributed by atoms with Crippen LogP contribution in [0, 0.1) is 12.8 Å². The summed E-state index contributed by atoms with van der Waals surface area (Å²) in [6, 6.07) is 5.18. The number of hydrogen-bond acceptors (Lipinski definition) is 2. The minimum Gasteiger partial charge on any atom is -0.492 e. The SMILES string of the molecule is Cc1ccc(OCC(CN)C(F)(F)F)c(Br)c1. The maximum Gasteiger partial charge on any atom is 0.396 e. The van der Waals surface area contributed by atoms with E-state index in [4.69, 9.17) is 10.5 Å². The third-order valence-electron chi connectivity index (χ3n) is 2.27. The molecule has 0 fully saturated rings. The second-order valence-corrected chi connectivity index (χ2v) is 4.57. The second kappa shape index (κ2) is 5.73. The molecule has 0 radical (unpaired) electrons. The van der Waals surface area contributed by atoms with Gasteiger partial charge < -0.3 is 10.5 Å². The van der Waals surface area contributed by atoms with Gasteiger partial charge in [-0.15, -0.1) is 0 Å². The summed E-state index contributed by atoms with van der Waals surface area (Å²) < 4.78 is 43.0. The van der Waals surface area contributed by atoms with Crippen molar-refractivity contribution >= 4 is 15.9 Å². The molecule has 0 aliphatic carbocycles. The lowest BCUT2D eigenvalue weighted by Crippen LogP contribution is -2.35. The summed E-state index contributed by atoms with van der Waals surface area (Å²) in [5, 5.41) is 0. The van der Waals surface area contributed by atoms with Crippen molar-refractivity contribution < 1.29 is 17.9 Å². The summed E-state index contributed by atoms with van der Waals surface area (Å²) in [6.07, 6.45) is -4.33. The summed E-state index contributed by atoms with van der Waals surface area (Å²) in [5.74, 6) is -1.26. The number of alkyl halides is 3. The first-order valence-corrected chi connectivity index (χ1v) is 5.79.